The Labute approximate surface area is 183 Å². The Morgan fingerprint density at radius 3 is 2.79 bits per heavy atom. The number of carbonyl (C=O) groups is 1. The summed E-state index contributed by atoms with van der Waals surface area (Å²) in [6, 6.07) is 9.27. The lowest BCUT2D eigenvalue weighted by Gasteiger charge is -2.03. The van der Waals surface area contributed by atoms with Crippen molar-refractivity contribution in [2.45, 2.75) is 17.0 Å². The molecule has 1 aromatic carbocycles. The number of ether oxygens (including phenoxy) is 1. The maximum absolute atomic E-state index is 12.2. The molecule has 0 saturated heterocycles. The van der Waals surface area contributed by atoms with Crippen LogP contribution in [0.4, 0.5) is 5.00 Å². The molecule has 0 fully saturated rings. The van der Waals surface area contributed by atoms with Crippen LogP contribution in [-0.4, -0.2) is 22.4 Å². The molecule has 0 amide bonds. The van der Waals surface area contributed by atoms with Crippen molar-refractivity contribution in [3.63, 3.8) is 0 Å². The standard InChI is InChI=1S/C17H13ClN4O2S4/c1-2-24-15(23)13-12(11(7-19)14(20)27-13)8-26-16-21-22(17(25)28-16)10-5-3-9(18)4-6-10/h3-6H,2,8,20H2,1H3. The first kappa shape index (κ1) is 20.8. The molecular formula is C17H13ClN4O2S4. The fourth-order valence-corrected chi connectivity index (χ4v) is 5.84. The lowest BCUT2D eigenvalue weighted by Crippen LogP contribution is -2.05. The zero-order valence-corrected chi connectivity index (χ0v) is 18.5. The van der Waals surface area contributed by atoms with Crippen molar-refractivity contribution in [3.05, 3.63) is 49.2 Å². The van der Waals surface area contributed by atoms with Gasteiger partial charge in [-0.05, 0) is 43.4 Å². The summed E-state index contributed by atoms with van der Waals surface area (Å²) in [6.07, 6.45) is 0. The van der Waals surface area contributed by atoms with Crippen LogP contribution in [-0.2, 0) is 10.5 Å². The highest BCUT2D eigenvalue weighted by molar-refractivity contribution is 8.00. The summed E-state index contributed by atoms with van der Waals surface area (Å²) < 4.78 is 8.02. The van der Waals surface area contributed by atoms with Crippen molar-refractivity contribution < 1.29 is 9.53 Å². The van der Waals surface area contributed by atoms with E-state index >= 15 is 0 Å². The van der Waals surface area contributed by atoms with Crippen LogP contribution in [0.5, 0.6) is 0 Å². The van der Waals surface area contributed by atoms with Gasteiger partial charge in [-0.2, -0.15) is 5.26 Å². The normalized spacial score (nSPS) is 10.6. The second-order valence-electron chi connectivity index (χ2n) is 5.29. The number of carbonyl (C=O) groups excluding carboxylic acids is 1. The molecule has 0 atom stereocenters. The molecule has 0 aliphatic carbocycles. The molecule has 0 spiro atoms. The van der Waals surface area contributed by atoms with E-state index in [9.17, 15) is 10.1 Å². The molecule has 6 nitrogen and oxygen atoms in total. The number of nitrogens with two attached hydrogens (primary N) is 1. The van der Waals surface area contributed by atoms with Crippen LogP contribution in [0.25, 0.3) is 5.69 Å². The smallest absolute Gasteiger partial charge is 0.348 e. The summed E-state index contributed by atoms with van der Waals surface area (Å²) in [5, 5.41) is 14.9. The van der Waals surface area contributed by atoms with Crippen LogP contribution in [0.3, 0.4) is 0 Å². The van der Waals surface area contributed by atoms with Gasteiger partial charge in [-0.1, -0.05) is 34.7 Å². The molecule has 0 aliphatic heterocycles. The van der Waals surface area contributed by atoms with Crippen molar-refractivity contribution in [1.29, 1.82) is 5.26 Å². The minimum absolute atomic E-state index is 0.248. The number of halogens is 1. The number of aromatic nitrogens is 2. The average molecular weight is 469 g/mol. The average Bonchev–Trinajstić information content (AvgIpc) is 3.20. The van der Waals surface area contributed by atoms with Gasteiger partial charge in [0.1, 0.15) is 15.9 Å². The van der Waals surface area contributed by atoms with Gasteiger partial charge < -0.3 is 10.5 Å². The minimum atomic E-state index is -0.476. The molecule has 28 heavy (non-hydrogen) atoms. The second kappa shape index (κ2) is 9.07. The summed E-state index contributed by atoms with van der Waals surface area (Å²) in [5.74, 6) is -0.121. The van der Waals surface area contributed by atoms with Gasteiger partial charge in [0.2, 0.25) is 0 Å². The van der Waals surface area contributed by atoms with Crippen LogP contribution in [0.2, 0.25) is 5.02 Å². The quantitative estimate of drug-likeness (QED) is 0.298. The van der Waals surface area contributed by atoms with E-state index in [1.165, 1.54) is 23.1 Å². The number of thiophene rings is 1. The van der Waals surface area contributed by atoms with Gasteiger partial charge in [-0.3, -0.25) is 0 Å². The number of nitriles is 1. The van der Waals surface area contributed by atoms with E-state index in [0.29, 0.717) is 40.1 Å². The van der Waals surface area contributed by atoms with Crippen LogP contribution in [0, 0.1) is 15.3 Å². The number of benzene rings is 1. The molecule has 11 heteroatoms. The minimum Gasteiger partial charge on any atom is -0.462 e. The van der Waals surface area contributed by atoms with Gasteiger partial charge in [-0.25, -0.2) is 9.48 Å². The first-order valence-electron chi connectivity index (χ1n) is 7.91. The third-order valence-electron chi connectivity index (χ3n) is 3.55. The number of rotatable bonds is 6. The first-order valence-corrected chi connectivity index (χ1v) is 11.3. The van der Waals surface area contributed by atoms with Crippen LogP contribution in [0.15, 0.2) is 28.6 Å². The van der Waals surface area contributed by atoms with E-state index in [1.807, 2.05) is 12.1 Å². The molecule has 0 bridgehead atoms. The largest absolute Gasteiger partial charge is 0.462 e. The van der Waals surface area contributed by atoms with E-state index in [0.717, 1.165) is 17.0 Å². The van der Waals surface area contributed by atoms with Gasteiger partial charge in [-0.15, -0.1) is 16.4 Å². The number of anilines is 1. The number of nitrogen functional groups attached to an aromatic ring is 1. The molecular weight excluding hydrogens is 456 g/mol. The van der Waals surface area contributed by atoms with E-state index in [1.54, 1.807) is 23.7 Å². The highest BCUT2D eigenvalue weighted by Crippen LogP contribution is 2.36. The molecule has 0 radical (unpaired) electrons. The lowest BCUT2D eigenvalue weighted by atomic mass is 10.2. The van der Waals surface area contributed by atoms with E-state index in [4.69, 9.17) is 34.3 Å². The zero-order valence-electron chi connectivity index (χ0n) is 14.5. The third-order valence-corrected chi connectivity index (χ3v) is 7.23. The Hall–Kier alpha value is -1.90. The molecule has 0 saturated carbocycles. The SMILES string of the molecule is CCOC(=O)c1sc(N)c(C#N)c1CSc1nn(-c2ccc(Cl)cc2)c(=S)s1. The van der Waals surface area contributed by atoms with Crippen LogP contribution >= 0.6 is 58.3 Å². The van der Waals surface area contributed by atoms with E-state index in [-0.39, 0.29) is 6.61 Å². The Morgan fingerprint density at radius 1 is 1.43 bits per heavy atom. The molecule has 144 valence electrons. The highest BCUT2D eigenvalue weighted by Gasteiger charge is 2.23. The number of hydrogen-bond donors (Lipinski definition) is 1. The van der Waals surface area contributed by atoms with Crippen LogP contribution in [0.1, 0.15) is 27.7 Å². The first-order chi connectivity index (χ1) is 13.4. The number of esters is 1. The summed E-state index contributed by atoms with van der Waals surface area (Å²) in [6.45, 7) is 1.97. The molecule has 2 heterocycles. The highest BCUT2D eigenvalue weighted by atomic mass is 35.5. The van der Waals surface area contributed by atoms with Crippen LogP contribution < -0.4 is 5.73 Å². The van der Waals surface area contributed by atoms with Gasteiger partial charge in [0.05, 0.1) is 17.9 Å². The van der Waals surface area contributed by atoms with Crippen molar-refractivity contribution >= 4 is 69.2 Å². The fourth-order valence-electron chi connectivity index (χ4n) is 2.31. The van der Waals surface area contributed by atoms with Crippen molar-refractivity contribution in [2.75, 3.05) is 12.3 Å². The maximum Gasteiger partial charge on any atom is 0.348 e. The van der Waals surface area contributed by atoms with Gasteiger partial charge >= 0.3 is 5.97 Å². The molecule has 2 N–H and O–H groups in total. The van der Waals surface area contributed by atoms with Gasteiger partial charge in [0, 0.05) is 16.3 Å². The summed E-state index contributed by atoms with van der Waals surface area (Å²) in [7, 11) is 0. The predicted molar refractivity (Wildman–Crippen MR) is 116 cm³/mol. The summed E-state index contributed by atoms with van der Waals surface area (Å²) in [5.41, 5.74) is 7.58. The van der Waals surface area contributed by atoms with Gasteiger partial charge in [0.25, 0.3) is 0 Å². The molecule has 0 unspecified atom stereocenters. The maximum atomic E-state index is 12.2. The van der Waals surface area contributed by atoms with Crippen molar-refractivity contribution in [3.8, 4) is 11.8 Å². The fraction of sp³-hybridized carbons (Fsp3) is 0.176. The third kappa shape index (κ3) is 4.39. The Morgan fingerprint density at radius 2 is 2.14 bits per heavy atom. The summed E-state index contributed by atoms with van der Waals surface area (Å²) in [4.78, 5) is 12.5. The Bertz CT molecular complexity index is 1110. The topological polar surface area (TPSA) is 93.9 Å². The number of hydrogen-bond acceptors (Lipinski definition) is 9. The molecule has 0 aliphatic rings. The van der Waals surface area contributed by atoms with Crippen molar-refractivity contribution in [1.82, 2.24) is 9.78 Å². The summed E-state index contributed by atoms with van der Waals surface area (Å²) >= 11 is 15.1. The zero-order chi connectivity index (χ0) is 20.3. The number of nitrogens with zero attached hydrogens (tertiary/aromatic N) is 3. The Kier molecular flexibility index (Phi) is 6.74. The molecule has 3 rings (SSSR count). The number of thioether (sulfide) groups is 1. The lowest BCUT2D eigenvalue weighted by molar-refractivity contribution is 0.0531. The Balaban J connectivity index is 1.86. The van der Waals surface area contributed by atoms with Crippen molar-refractivity contribution in [2.24, 2.45) is 0 Å². The van der Waals surface area contributed by atoms with E-state index < -0.39 is 5.97 Å². The molecule has 2 aromatic heterocycles. The van der Waals surface area contributed by atoms with Gasteiger partial charge in [0.15, 0.2) is 8.29 Å². The predicted octanol–water partition coefficient (Wildman–Crippen LogP) is 5.30. The van der Waals surface area contributed by atoms with E-state index in [2.05, 4.69) is 11.2 Å². The second-order valence-corrected chi connectivity index (χ2v) is 9.63. The molecule has 3 aromatic rings. The monoisotopic (exact) mass is 468 g/mol.